The van der Waals surface area contributed by atoms with Gasteiger partial charge in [0.1, 0.15) is 24.2 Å². The smallest absolute Gasteiger partial charge is 0.327 e. The number of aliphatic hydroxyl groups excluding tert-OH is 2. The van der Waals surface area contributed by atoms with Gasteiger partial charge in [-0.1, -0.05) is 11.3 Å². The Hall–Kier alpha value is -4.30. The van der Waals surface area contributed by atoms with Crippen molar-refractivity contribution in [3.63, 3.8) is 0 Å². The molecule has 5 rings (SSSR count). The third-order valence-electron chi connectivity index (χ3n) is 5.94. The van der Waals surface area contributed by atoms with Gasteiger partial charge >= 0.3 is 6.03 Å². The first kappa shape index (κ1) is 23.4. The number of benzene rings is 1. The minimum atomic E-state index is -0.997. The SMILES string of the molecule is O=C(NCc1nn[nH]n1)c1ccc2c(n1)N(C(=O)Nc1cccc(OC[C@H](O)CO)c1)[C@H]1CCN2C1. The second-order valence-electron chi connectivity index (χ2n) is 8.41. The predicted octanol–water partition coefficient (Wildman–Crippen LogP) is -0.113. The van der Waals surface area contributed by atoms with Crippen LogP contribution in [-0.2, 0) is 6.54 Å². The van der Waals surface area contributed by atoms with Crippen molar-refractivity contribution in [3.8, 4) is 5.75 Å². The molecule has 0 spiro atoms. The summed E-state index contributed by atoms with van der Waals surface area (Å²) in [6.07, 6.45) is -0.228. The molecule has 14 heteroatoms. The van der Waals surface area contributed by atoms with Gasteiger partial charge in [0.05, 0.1) is 24.9 Å². The summed E-state index contributed by atoms with van der Waals surface area (Å²) >= 11 is 0. The van der Waals surface area contributed by atoms with Crippen LogP contribution in [0.1, 0.15) is 22.7 Å². The van der Waals surface area contributed by atoms with Crippen molar-refractivity contribution < 1.29 is 24.5 Å². The second kappa shape index (κ2) is 10.1. The van der Waals surface area contributed by atoms with Gasteiger partial charge in [0, 0.05) is 24.8 Å². The van der Waals surface area contributed by atoms with Crippen LogP contribution in [0.4, 0.5) is 22.0 Å². The van der Waals surface area contributed by atoms with Crippen LogP contribution in [0.15, 0.2) is 36.4 Å². The Morgan fingerprint density at radius 1 is 1.28 bits per heavy atom. The molecule has 4 heterocycles. The second-order valence-corrected chi connectivity index (χ2v) is 8.41. The Morgan fingerprint density at radius 3 is 2.97 bits per heavy atom. The minimum absolute atomic E-state index is 0.0766. The van der Waals surface area contributed by atoms with Gasteiger partial charge in [0.25, 0.3) is 5.91 Å². The van der Waals surface area contributed by atoms with E-state index in [1.165, 1.54) is 0 Å². The van der Waals surface area contributed by atoms with E-state index in [2.05, 4.69) is 41.1 Å². The van der Waals surface area contributed by atoms with Gasteiger partial charge in [-0.3, -0.25) is 9.69 Å². The van der Waals surface area contributed by atoms with Gasteiger partial charge in [0.2, 0.25) is 0 Å². The number of ether oxygens (including phenoxy) is 1. The van der Waals surface area contributed by atoms with E-state index in [-0.39, 0.29) is 30.9 Å². The first-order chi connectivity index (χ1) is 17.5. The van der Waals surface area contributed by atoms with E-state index in [1.807, 2.05) is 0 Å². The molecular formula is C22H25N9O5. The Morgan fingerprint density at radius 2 is 2.17 bits per heavy atom. The summed E-state index contributed by atoms with van der Waals surface area (Å²) in [5, 5.41) is 37.4. The number of aliphatic hydroxyl groups is 2. The summed E-state index contributed by atoms with van der Waals surface area (Å²) in [6.45, 7) is 1.05. The van der Waals surface area contributed by atoms with Crippen LogP contribution in [-0.4, -0.2) is 86.2 Å². The van der Waals surface area contributed by atoms with Crippen molar-refractivity contribution in [3.05, 3.63) is 47.9 Å². The van der Waals surface area contributed by atoms with Crippen LogP contribution < -0.4 is 25.2 Å². The van der Waals surface area contributed by atoms with Crippen LogP contribution in [0.25, 0.3) is 0 Å². The van der Waals surface area contributed by atoms with E-state index in [0.717, 1.165) is 18.7 Å². The number of aromatic nitrogens is 5. The van der Waals surface area contributed by atoms with Crippen LogP contribution >= 0.6 is 0 Å². The van der Waals surface area contributed by atoms with Crippen LogP contribution in [0.2, 0.25) is 0 Å². The summed E-state index contributed by atoms with van der Waals surface area (Å²) < 4.78 is 5.47. The first-order valence-electron chi connectivity index (χ1n) is 11.4. The van der Waals surface area contributed by atoms with E-state index in [1.54, 1.807) is 41.3 Å². The third kappa shape index (κ3) is 4.89. The third-order valence-corrected chi connectivity index (χ3v) is 5.94. The van der Waals surface area contributed by atoms with Crippen molar-refractivity contribution in [2.75, 3.05) is 41.4 Å². The fraction of sp³-hybridized carbons (Fsp3) is 0.364. The van der Waals surface area contributed by atoms with E-state index < -0.39 is 18.6 Å². The lowest BCUT2D eigenvalue weighted by Crippen LogP contribution is -2.48. The van der Waals surface area contributed by atoms with E-state index >= 15 is 0 Å². The number of nitrogens with one attached hydrogen (secondary N) is 3. The van der Waals surface area contributed by atoms with E-state index in [0.29, 0.717) is 29.6 Å². The van der Waals surface area contributed by atoms with Gasteiger partial charge in [-0.05, 0) is 30.7 Å². The highest BCUT2D eigenvalue weighted by molar-refractivity contribution is 6.05. The van der Waals surface area contributed by atoms with Crippen molar-refractivity contribution in [1.82, 2.24) is 30.9 Å². The molecule has 1 fully saturated rings. The largest absolute Gasteiger partial charge is 0.491 e. The number of hydrogen-bond donors (Lipinski definition) is 5. The summed E-state index contributed by atoms with van der Waals surface area (Å²) in [5.41, 5.74) is 1.44. The fourth-order valence-corrected chi connectivity index (χ4v) is 4.20. The number of tetrazole rings is 1. The zero-order valence-electron chi connectivity index (χ0n) is 19.2. The number of urea groups is 1. The number of carbonyl (C=O) groups excluding carboxylic acids is 2. The maximum Gasteiger partial charge on any atom is 0.327 e. The summed E-state index contributed by atoms with van der Waals surface area (Å²) in [5.74, 6) is 0.756. The number of pyridine rings is 1. The standard InChI is InChI=1S/C22H25N9O5/c32-11-15(33)12-36-16-3-1-2-13(8-16)24-22(35)31-14-6-7-30(10-14)18-5-4-17(25-20(18)31)21(34)23-9-19-26-28-29-27-19/h1-5,8,14-15,32-33H,6-7,9-12H2,(H,23,34)(H,24,35)(H,26,27,28,29)/t14-,15+/m0/s1. The minimum Gasteiger partial charge on any atom is -0.491 e. The molecule has 2 aliphatic heterocycles. The van der Waals surface area contributed by atoms with Gasteiger partial charge in [0.15, 0.2) is 11.6 Å². The molecule has 0 aliphatic carbocycles. The Bertz CT molecular complexity index is 1240. The quantitative estimate of drug-likeness (QED) is 0.283. The molecule has 2 aliphatic rings. The highest BCUT2D eigenvalue weighted by Gasteiger charge is 2.40. The molecule has 0 unspecified atom stereocenters. The lowest BCUT2D eigenvalue weighted by atomic mass is 10.1. The lowest BCUT2D eigenvalue weighted by molar-refractivity contribution is 0.0536. The van der Waals surface area contributed by atoms with Crippen molar-refractivity contribution in [2.45, 2.75) is 25.1 Å². The van der Waals surface area contributed by atoms with Crippen molar-refractivity contribution in [1.29, 1.82) is 0 Å². The number of fused-ring (bicyclic) bond motifs is 4. The number of amides is 3. The highest BCUT2D eigenvalue weighted by Crippen LogP contribution is 2.39. The number of carbonyl (C=O) groups is 2. The van der Waals surface area contributed by atoms with Crippen LogP contribution in [0, 0.1) is 0 Å². The number of aromatic amines is 1. The molecule has 0 radical (unpaired) electrons. The first-order valence-corrected chi connectivity index (χ1v) is 11.4. The molecular weight excluding hydrogens is 470 g/mol. The predicted molar refractivity (Wildman–Crippen MR) is 127 cm³/mol. The Kier molecular flexibility index (Phi) is 6.60. The number of hydrogen-bond acceptors (Lipinski definition) is 10. The average molecular weight is 496 g/mol. The van der Waals surface area contributed by atoms with Crippen LogP contribution in [0.5, 0.6) is 5.75 Å². The van der Waals surface area contributed by atoms with Crippen molar-refractivity contribution >= 4 is 29.1 Å². The monoisotopic (exact) mass is 495 g/mol. The molecule has 3 amide bonds. The zero-order valence-corrected chi connectivity index (χ0v) is 19.2. The lowest BCUT2D eigenvalue weighted by Gasteiger charge is -2.35. The van der Waals surface area contributed by atoms with Crippen LogP contribution in [0.3, 0.4) is 0 Å². The molecule has 14 nitrogen and oxygen atoms in total. The number of anilines is 3. The maximum absolute atomic E-state index is 13.4. The molecule has 0 saturated carbocycles. The number of H-pyrrole nitrogens is 1. The zero-order chi connectivity index (χ0) is 25.1. The highest BCUT2D eigenvalue weighted by atomic mass is 16.5. The molecule has 3 aromatic rings. The fourth-order valence-electron chi connectivity index (χ4n) is 4.20. The molecule has 188 valence electrons. The number of rotatable bonds is 8. The van der Waals surface area contributed by atoms with Gasteiger partial charge in [-0.15, -0.1) is 10.2 Å². The summed E-state index contributed by atoms with van der Waals surface area (Å²) in [7, 11) is 0. The molecule has 5 N–H and O–H groups in total. The summed E-state index contributed by atoms with van der Waals surface area (Å²) in [4.78, 5) is 34.4. The maximum atomic E-state index is 13.4. The van der Waals surface area contributed by atoms with Crippen molar-refractivity contribution in [2.24, 2.45) is 0 Å². The molecule has 2 bridgehead atoms. The average Bonchev–Trinajstić information content (AvgIpc) is 3.57. The van der Waals surface area contributed by atoms with Gasteiger partial charge in [-0.25, -0.2) is 9.78 Å². The topological polar surface area (TPSA) is 182 Å². The Labute approximate surface area is 205 Å². The molecule has 1 aromatic carbocycles. The summed E-state index contributed by atoms with van der Waals surface area (Å²) in [6, 6.07) is 9.69. The van der Waals surface area contributed by atoms with E-state index in [9.17, 15) is 14.7 Å². The van der Waals surface area contributed by atoms with E-state index in [4.69, 9.17) is 9.84 Å². The Balaban J connectivity index is 1.34. The molecule has 2 aromatic heterocycles. The molecule has 36 heavy (non-hydrogen) atoms. The molecule has 1 saturated heterocycles. The van der Waals surface area contributed by atoms with Gasteiger partial charge < -0.3 is 30.5 Å². The molecule has 2 atom stereocenters. The van der Waals surface area contributed by atoms with Gasteiger partial charge in [-0.2, -0.15) is 5.21 Å². The number of nitrogens with zero attached hydrogens (tertiary/aromatic N) is 6. The normalized spacial score (nSPS) is 16.9.